The summed E-state index contributed by atoms with van der Waals surface area (Å²) >= 11 is 0. The standard InChI is InChI=1S/C13H17FN2O2/c1-3-16(9-13(18)15-2)8-12(17)10-5-4-6-11(14)7-10/h4-7H,3,8-9H2,1-2H3,(H,15,18). The molecule has 1 N–H and O–H groups in total. The third-order valence-corrected chi connectivity index (χ3v) is 2.61. The highest BCUT2D eigenvalue weighted by molar-refractivity contribution is 5.97. The number of hydrogen-bond acceptors (Lipinski definition) is 3. The van der Waals surface area contributed by atoms with E-state index in [0.29, 0.717) is 12.1 Å². The van der Waals surface area contributed by atoms with E-state index in [2.05, 4.69) is 5.32 Å². The van der Waals surface area contributed by atoms with E-state index < -0.39 is 5.82 Å². The van der Waals surface area contributed by atoms with Crippen molar-refractivity contribution in [3.05, 3.63) is 35.6 Å². The van der Waals surface area contributed by atoms with Gasteiger partial charge in [-0.1, -0.05) is 19.1 Å². The largest absolute Gasteiger partial charge is 0.358 e. The van der Waals surface area contributed by atoms with Crippen LogP contribution in [0.2, 0.25) is 0 Å². The molecule has 0 bridgehead atoms. The monoisotopic (exact) mass is 252 g/mol. The molecule has 0 saturated heterocycles. The minimum absolute atomic E-state index is 0.105. The molecule has 0 aliphatic heterocycles. The van der Waals surface area contributed by atoms with Crippen LogP contribution >= 0.6 is 0 Å². The van der Waals surface area contributed by atoms with Gasteiger partial charge in [-0.15, -0.1) is 0 Å². The zero-order valence-corrected chi connectivity index (χ0v) is 10.6. The van der Waals surface area contributed by atoms with Crippen LogP contribution in [0.15, 0.2) is 24.3 Å². The Bertz CT molecular complexity index is 435. The summed E-state index contributed by atoms with van der Waals surface area (Å²) in [7, 11) is 1.55. The lowest BCUT2D eigenvalue weighted by Gasteiger charge is -2.18. The van der Waals surface area contributed by atoms with Gasteiger partial charge in [0.05, 0.1) is 13.1 Å². The van der Waals surface area contributed by atoms with Crippen molar-refractivity contribution in [1.82, 2.24) is 10.2 Å². The topological polar surface area (TPSA) is 49.4 Å². The number of nitrogens with one attached hydrogen (secondary N) is 1. The first-order chi connectivity index (χ1) is 8.56. The van der Waals surface area contributed by atoms with Gasteiger partial charge in [-0.25, -0.2) is 4.39 Å². The van der Waals surface area contributed by atoms with Gasteiger partial charge in [0, 0.05) is 12.6 Å². The summed E-state index contributed by atoms with van der Waals surface area (Å²) in [4.78, 5) is 24.8. The summed E-state index contributed by atoms with van der Waals surface area (Å²) in [5, 5.41) is 2.50. The number of rotatable bonds is 6. The van der Waals surface area contributed by atoms with Gasteiger partial charge >= 0.3 is 0 Å². The molecule has 0 fully saturated rings. The van der Waals surface area contributed by atoms with Crippen LogP contribution in [0.1, 0.15) is 17.3 Å². The normalized spacial score (nSPS) is 10.4. The molecule has 0 saturated carbocycles. The SMILES string of the molecule is CCN(CC(=O)NC)CC(=O)c1cccc(F)c1. The van der Waals surface area contributed by atoms with Crippen LogP contribution in [0.3, 0.4) is 0 Å². The van der Waals surface area contributed by atoms with E-state index in [-0.39, 0.29) is 24.8 Å². The summed E-state index contributed by atoms with van der Waals surface area (Å²) in [6.45, 7) is 2.71. The third kappa shape index (κ3) is 4.25. The van der Waals surface area contributed by atoms with Crippen molar-refractivity contribution in [2.45, 2.75) is 6.92 Å². The van der Waals surface area contributed by atoms with Crippen molar-refractivity contribution in [3.8, 4) is 0 Å². The number of carbonyl (C=O) groups is 2. The first-order valence-electron chi connectivity index (χ1n) is 5.78. The molecule has 0 atom stereocenters. The number of Topliss-reactive ketones (excluding diaryl/α,β-unsaturated/α-hetero) is 1. The first-order valence-corrected chi connectivity index (χ1v) is 5.78. The maximum Gasteiger partial charge on any atom is 0.233 e. The lowest BCUT2D eigenvalue weighted by atomic mass is 10.1. The van der Waals surface area contributed by atoms with Crippen molar-refractivity contribution in [2.24, 2.45) is 0 Å². The summed E-state index contributed by atoms with van der Waals surface area (Å²) < 4.78 is 13.0. The number of carbonyl (C=O) groups excluding carboxylic acids is 2. The van der Waals surface area contributed by atoms with Crippen LogP contribution in [-0.2, 0) is 4.79 Å². The van der Waals surface area contributed by atoms with Gasteiger partial charge in [-0.2, -0.15) is 0 Å². The molecule has 0 spiro atoms. The zero-order valence-electron chi connectivity index (χ0n) is 10.6. The number of halogens is 1. The Labute approximate surface area is 106 Å². The van der Waals surface area contributed by atoms with Crippen LogP contribution in [0.4, 0.5) is 4.39 Å². The van der Waals surface area contributed by atoms with Crippen molar-refractivity contribution in [1.29, 1.82) is 0 Å². The smallest absolute Gasteiger partial charge is 0.233 e. The van der Waals surface area contributed by atoms with Crippen LogP contribution in [0.25, 0.3) is 0 Å². The molecule has 5 heteroatoms. The van der Waals surface area contributed by atoms with E-state index >= 15 is 0 Å². The van der Waals surface area contributed by atoms with E-state index in [1.807, 2.05) is 6.92 Å². The Balaban J connectivity index is 2.65. The number of benzene rings is 1. The van der Waals surface area contributed by atoms with E-state index in [1.54, 1.807) is 18.0 Å². The minimum atomic E-state index is -0.435. The Kier molecular flexibility index (Phi) is 5.45. The fourth-order valence-electron chi connectivity index (χ4n) is 1.52. The van der Waals surface area contributed by atoms with Crippen molar-refractivity contribution in [2.75, 3.05) is 26.7 Å². The molecular formula is C13H17FN2O2. The molecule has 98 valence electrons. The Hall–Kier alpha value is -1.75. The Morgan fingerprint density at radius 2 is 2.06 bits per heavy atom. The summed E-state index contributed by atoms with van der Waals surface area (Å²) in [5.41, 5.74) is 0.324. The van der Waals surface area contributed by atoms with Gasteiger partial charge < -0.3 is 5.32 Å². The van der Waals surface area contributed by atoms with Crippen molar-refractivity contribution in [3.63, 3.8) is 0 Å². The van der Waals surface area contributed by atoms with E-state index in [1.165, 1.54) is 18.2 Å². The molecular weight excluding hydrogens is 235 g/mol. The molecule has 0 unspecified atom stereocenters. The quantitative estimate of drug-likeness (QED) is 0.771. The highest BCUT2D eigenvalue weighted by Gasteiger charge is 2.14. The predicted octanol–water partition coefficient (Wildman–Crippen LogP) is 1.08. The fourth-order valence-corrected chi connectivity index (χ4v) is 1.52. The van der Waals surface area contributed by atoms with Crippen LogP contribution in [0.5, 0.6) is 0 Å². The Morgan fingerprint density at radius 1 is 1.33 bits per heavy atom. The van der Waals surface area contributed by atoms with E-state index in [0.717, 1.165) is 0 Å². The fraction of sp³-hybridized carbons (Fsp3) is 0.385. The second-order valence-corrected chi connectivity index (χ2v) is 3.91. The lowest BCUT2D eigenvalue weighted by molar-refractivity contribution is -0.121. The number of nitrogens with zero attached hydrogens (tertiary/aromatic N) is 1. The predicted molar refractivity (Wildman–Crippen MR) is 66.9 cm³/mol. The molecule has 0 radical (unpaired) electrons. The lowest BCUT2D eigenvalue weighted by Crippen LogP contribution is -2.38. The van der Waals surface area contributed by atoms with Gasteiger partial charge in [0.15, 0.2) is 5.78 Å². The second kappa shape index (κ2) is 6.86. The molecule has 1 rings (SSSR count). The summed E-state index contributed by atoms with van der Waals surface area (Å²) in [5.74, 6) is -0.778. The Morgan fingerprint density at radius 3 is 2.61 bits per heavy atom. The molecule has 1 aromatic rings. The molecule has 0 heterocycles. The number of amides is 1. The van der Waals surface area contributed by atoms with Crippen molar-refractivity contribution < 1.29 is 14.0 Å². The second-order valence-electron chi connectivity index (χ2n) is 3.91. The van der Waals surface area contributed by atoms with Gasteiger partial charge in [0.1, 0.15) is 5.82 Å². The molecule has 1 aromatic carbocycles. The van der Waals surface area contributed by atoms with Crippen molar-refractivity contribution >= 4 is 11.7 Å². The molecule has 4 nitrogen and oxygen atoms in total. The highest BCUT2D eigenvalue weighted by atomic mass is 19.1. The molecule has 1 amide bonds. The van der Waals surface area contributed by atoms with E-state index in [4.69, 9.17) is 0 Å². The van der Waals surface area contributed by atoms with Gasteiger partial charge in [0.2, 0.25) is 5.91 Å². The molecule has 0 aliphatic rings. The number of ketones is 1. The summed E-state index contributed by atoms with van der Waals surface area (Å²) in [6, 6.07) is 5.56. The molecule has 18 heavy (non-hydrogen) atoms. The number of hydrogen-bond donors (Lipinski definition) is 1. The maximum absolute atomic E-state index is 13.0. The van der Waals surface area contributed by atoms with Crippen LogP contribution in [0, 0.1) is 5.82 Å². The average molecular weight is 252 g/mol. The minimum Gasteiger partial charge on any atom is -0.358 e. The van der Waals surface area contributed by atoms with Crippen LogP contribution < -0.4 is 5.32 Å². The van der Waals surface area contributed by atoms with Crippen LogP contribution in [-0.4, -0.2) is 43.3 Å². The zero-order chi connectivity index (χ0) is 13.5. The average Bonchev–Trinajstić information content (AvgIpc) is 2.37. The summed E-state index contributed by atoms with van der Waals surface area (Å²) in [6.07, 6.45) is 0. The molecule has 0 aromatic heterocycles. The van der Waals surface area contributed by atoms with Gasteiger partial charge in [-0.05, 0) is 18.7 Å². The number of likely N-dealkylation sites (N-methyl/N-ethyl adjacent to an activating group) is 2. The van der Waals surface area contributed by atoms with Gasteiger partial charge in [-0.3, -0.25) is 14.5 Å². The third-order valence-electron chi connectivity index (χ3n) is 2.61. The van der Waals surface area contributed by atoms with Gasteiger partial charge in [0.25, 0.3) is 0 Å². The van der Waals surface area contributed by atoms with E-state index in [9.17, 15) is 14.0 Å². The maximum atomic E-state index is 13.0. The highest BCUT2D eigenvalue weighted by Crippen LogP contribution is 2.05. The first kappa shape index (κ1) is 14.3. The molecule has 0 aliphatic carbocycles.